The average Bonchev–Trinajstić information content (AvgIpc) is 3.01. The Bertz CT molecular complexity index is 1340. The monoisotopic (exact) mass is 562 g/mol. The third kappa shape index (κ3) is 6.47. The molecule has 0 spiro atoms. The summed E-state index contributed by atoms with van der Waals surface area (Å²) in [4.78, 5) is 0. The van der Waals surface area contributed by atoms with Crippen molar-refractivity contribution in [2.24, 2.45) is 17.8 Å². The van der Waals surface area contributed by atoms with Gasteiger partial charge in [-0.1, -0.05) is 80.4 Å². The third-order valence-electron chi connectivity index (χ3n) is 9.91. The normalized spacial score (nSPS) is 23.3. The predicted octanol–water partition coefficient (Wildman–Crippen LogP) is 11.6. The van der Waals surface area contributed by atoms with Crippen LogP contribution in [-0.2, 0) is 6.42 Å². The number of aryl methyl sites for hydroxylation is 1. The van der Waals surface area contributed by atoms with Crippen LogP contribution < -0.4 is 0 Å². The van der Waals surface area contributed by atoms with Crippen molar-refractivity contribution >= 4 is 0 Å². The maximum absolute atomic E-state index is 15.4. The van der Waals surface area contributed by atoms with Crippen LogP contribution in [0.2, 0.25) is 0 Å². The zero-order valence-corrected chi connectivity index (χ0v) is 24.4. The highest BCUT2D eigenvalue weighted by Gasteiger charge is 2.32. The lowest BCUT2D eigenvalue weighted by molar-refractivity contribution is 0.156. The van der Waals surface area contributed by atoms with Gasteiger partial charge in [0.15, 0.2) is 23.3 Å². The van der Waals surface area contributed by atoms with Crippen molar-refractivity contribution in [1.82, 2.24) is 0 Å². The molecule has 0 unspecified atom stereocenters. The predicted molar refractivity (Wildman–Crippen MR) is 161 cm³/mol. The van der Waals surface area contributed by atoms with Gasteiger partial charge in [0.1, 0.15) is 0 Å². The quantitative estimate of drug-likeness (QED) is 0.189. The van der Waals surface area contributed by atoms with E-state index in [0.29, 0.717) is 34.6 Å². The molecule has 0 amide bonds. The van der Waals surface area contributed by atoms with E-state index in [4.69, 9.17) is 0 Å². The highest BCUT2D eigenvalue weighted by atomic mass is 19.2. The lowest BCUT2D eigenvalue weighted by Crippen LogP contribution is -2.25. The number of hydrogen-bond acceptors (Lipinski definition) is 0. The van der Waals surface area contributed by atoms with Crippen molar-refractivity contribution in [2.45, 2.75) is 90.4 Å². The first-order chi connectivity index (χ1) is 19.9. The van der Waals surface area contributed by atoms with E-state index in [9.17, 15) is 8.78 Å². The summed E-state index contributed by atoms with van der Waals surface area (Å²) in [5.74, 6) is -0.894. The number of hydrogen-bond donors (Lipinski definition) is 0. The molecule has 0 aliphatic heterocycles. The zero-order chi connectivity index (χ0) is 28.9. The van der Waals surface area contributed by atoms with Crippen LogP contribution in [0.1, 0.15) is 95.1 Å². The molecule has 0 nitrogen and oxygen atoms in total. The van der Waals surface area contributed by atoms with Crippen LogP contribution in [0.25, 0.3) is 22.3 Å². The lowest BCUT2D eigenvalue weighted by atomic mass is 9.68. The molecule has 218 valence electrons. The fourth-order valence-electron chi connectivity index (χ4n) is 7.37. The first kappa shape index (κ1) is 29.6. The van der Waals surface area contributed by atoms with Gasteiger partial charge in [-0.05, 0) is 111 Å². The first-order valence-electron chi connectivity index (χ1n) is 15.6. The minimum absolute atomic E-state index is 0.0540. The summed E-state index contributed by atoms with van der Waals surface area (Å²) < 4.78 is 59.6. The molecule has 2 saturated carbocycles. The highest BCUT2D eigenvalue weighted by molar-refractivity contribution is 5.71. The van der Waals surface area contributed by atoms with Gasteiger partial charge in [0.25, 0.3) is 0 Å². The highest BCUT2D eigenvalue weighted by Crippen LogP contribution is 2.45. The SMILES string of the molecule is CC=CCCC1CCC(C2CCC(c3ccc(-c4ccc(-c5ccc(CC)c(F)c5F)cc4)c(F)c3F)CC2)CC1. The van der Waals surface area contributed by atoms with E-state index in [2.05, 4.69) is 19.1 Å². The van der Waals surface area contributed by atoms with Gasteiger partial charge in [-0.3, -0.25) is 0 Å². The van der Waals surface area contributed by atoms with Crippen LogP contribution >= 0.6 is 0 Å². The molecule has 0 aromatic heterocycles. The van der Waals surface area contributed by atoms with Gasteiger partial charge < -0.3 is 0 Å². The molecule has 0 bridgehead atoms. The van der Waals surface area contributed by atoms with E-state index in [-0.39, 0.29) is 17.0 Å². The van der Waals surface area contributed by atoms with E-state index in [1.165, 1.54) is 38.5 Å². The number of allylic oxidation sites excluding steroid dienone is 2. The molecule has 0 saturated heterocycles. The summed E-state index contributed by atoms with van der Waals surface area (Å²) >= 11 is 0. The largest absolute Gasteiger partial charge is 0.203 e. The average molecular weight is 563 g/mol. The number of rotatable bonds is 8. The van der Waals surface area contributed by atoms with Crippen LogP contribution in [0.3, 0.4) is 0 Å². The maximum Gasteiger partial charge on any atom is 0.166 e. The van der Waals surface area contributed by atoms with Gasteiger partial charge in [-0.2, -0.15) is 0 Å². The fraction of sp³-hybridized carbons (Fsp3) is 0.459. The van der Waals surface area contributed by atoms with Crippen molar-refractivity contribution < 1.29 is 17.6 Å². The maximum atomic E-state index is 15.4. The van der Waals surface area contributed by atoms with Gasteiger partial charge >= 0.3 is 0 Å². The van der Waals surface area contributed by atoms with Crippen molar-refractivity contribution in [3.8, 4) is 22.3 Å². The van der Waals surface area contributed by atoms with Crippen LogP contribution in [0.4, 0.5) is 17.6 Å². The van der Waals surface area contributed by atoms with Crippen molar-refractivity contribution in [3.63, 3.8) is 0 Å². The molecule has 41 heavy (non-hydrogen) atoms. The molecule has 2 aliphatic rings. The molecule has 0 atom stereocenters. The Labute approximate surface area is 242 Å². The molecule has 2 aliphatic carbocycles. The minimum atomic E-state index is -0.888. The van der Waals surface area contributed by atoms with Crippen LogP contribution in [-0.4, -0.2) is 0 Å². The second kappa shape index (κ2) is 13.4. The van der Waals surface area contributed by atoms with Crippen LogP contribution in [0.5, 0.6) is 0 Å². The Morgan fingerprint density at radius 1 is 0.634 bits per heavy atom. The van der Waals surface area contributed by atoms with Gasteiger partial charge in [0.05, 0.1) is 0 Å². The zero-order valence-electron chi connectivity index (χ0n) is 24.4. The topological polar surface area (TPSA) is 0 Å². The molecule has 2 fully saturated rings. The van der Waals surface area contributed by atoms with Crippen molar-refractivity contribution in [2.75, 3.05) is 0 Å². The Balaban J connectivity index is 1.22. The van der Waals surface area contributed by atoms with E-state index in [1.807, 2.05) is 0 Å². The summed E-state index contributed by atoms with van der Waals surface area (Å²) in [6.45, 7) is 3.86. The second-order valence-electron chi connectivity index (χ2n) is 12.2. The molecule has 3 aromatic carbocycles. The van der Waals surface area contributed by atoms with Gasteiger partial charge in [-0.25, -0.2) is 17.6 Å². The Kier molecular flexibility index (Phi) is 9.68. The number of halogens is 4. The van der Waals surface area contributed by atoms with Gasteiger partial charge in [-0.15, -0.1) is 0 Å². The summed E-state index contributed by atoms with van der Waals surface area (Å²) in [6.07, 6.45) is 16.6. The standard InChI is InChI=1S/C37H42F4/c1-3-5-6-7-24-8-10-26(11-9-24)27-12-14-28(15-13-27)32-22-23-33(37(41)36(32)40)30-18-16-29(17-19-30)31-21-20-25(4-2)34(38)35(31)39/h3,5,16-24,26-28H,4,6-15H2,1-2H3. The Morgan fingerprint density at radius 2 is 1.17 bits per heavy atom. The summed E-state index contributed by atoms with van der Waals surface area (Å²) in [5.41, 5.74) is 2.15. The Hall–Kier alpha value is -2.88. The molecule has 5 rings (SSSR count). The molecule has 0 heterocycles. The smallest absolute Gasteiger partial charge is 0.166 e. The molecular weight excluding hydrogens is 520 g/mol. The summed E-state index contributed by atoms with van der Waals surface area (Å²) in [7, 11) is 0. The minimum Gasteiger partial charge on any atom is -0.203 e. The molecule has 3 aromatic rings. The van der Waals surface area contributed by atoms with Gasteiger partial charge in [0.2, 0.25) is 0 Å². The van der Waals surface area contributed by atoms with Crippen LogP contribution in [0, 0.1) is 41.0 Å². The first-order valence-corrected chi connectivity index (χ1v) is 15.6. The lowest BCUT2D eigenvalue weighted by Gasteiger charge is -2.38. The molecule has 0 N–H and O–H groups in total. The van der Waals surface area contributed by atoms with E-state index < -0.39 is 23.3 Å². The van der Waals surface area contributed by atoms with Crippen molar-refractivity contribution in [3.05, 3.63) is 95.1 Å². The molecular formula is C37H42F4. The Morgan fingerprint density at radius 3 is 1.73 bits per heavy atom. The van der Waals surface area contributed by atoms with E-state index in [1.54, 1.807) is 55.5 Å². The van der Waals surface area contributed by atoms with E-state index in [0.717, 1.165) is 37.5 Å². The summed E-state index contributed by atoms with van der Waals surface area (Å²) in [6, 6.07) is 13.1. The molecule has 4 heteroatoms. The molecule has 0 radical (unpaired) electrons. The van der Waals surface area contributed by atoms with E-state index >= 15 is 8.78 Å². The third-order valence-corrected chi connectivity index (χ3v) is 9.91. The second-order valence-corrected chi connectivity index (χ2v) is 12.2. The number of benzene rings is 3. The van der Waals surface area contributed by atoms with Crippen molar-refractivity contribution in [1.29, 1.82) is 0 Å². The summed E-state index contributed by atoms with van der Waals surface area (Å²) in [5, 5.41) is 0. The fourth-order valence-corrected chi connectivity index (χ4v) is 7.37. The van der Waals surface area contributed by atoms with Gasteiger partial charge in [0, 0.05) is 11.1 Å². The van der Waals surface area contributed by atoms with Crippen LogP contribution in [0.15, 0.2) is 60.7 Å².